The van der Waals surface area contributed by atoms with Crippen molar-refractivity contribution >= 4 is 11.8 Å². The molecule has 1 aliphatic rings. The maximum Gasteiger partial charge on any atom is 0.271 e. The van der Waals surface area contributed by atoms with Gasteiger partial charge in [-0.2, -0.15) is 5.10 Å². The molecule has 3 rings (SSSR count). The van der Waals surface area contributed by atoms with E-state index in [0.29, 0.717) is 37.6 Å². The van der Waals surface area contributed by atoms with Crippen LogP contribution in [0, 0.1) is 13.8 Å². The highest BCUT2D eigenvalue weighted by Crippen LogP contribution is 2.18. The fourth-order valence-electron chi connectivity index (χ4n) is 3.34. The van der Waals surface area contributed by atoms with Crippen molar-refractivity contribution in [2.45, 2.75) is 33.4 Å². The number of nitrogens with zero attached hydrogens (tertiary/aromatic N) is 4. The third-order valence-corrected chi connectivity index (χ3v) is 4.74. The van der Waals surface area contributed by atoms with Crippen LogP contribution in [0.1, 0.15) is 44.3 Å². The standard InChI is InChI=1S/C19H28N6O2/c1-13-10-14(2)21-17(13)19(27)24-7-5-8-25-15(12-24)11-16(22-25)18(26)20-6-9-23(3)4/h10-11,21H,5-9,12H2,1-4H3,(H,20,26). The number of hydrogen-bond donors (Lipinski definition) is 2. The van der Waals surface area contributed by atoms with Gasteiger partial charge in [-0.15, -0.1) is 0 Å². The number of likely N-dealkylation sites (N-methyl/N-ethyl adjacent to an activating group) is 1. The first-order valence-corrected chi connectivity index (χ1v) is 9.30. The van der Waals surface area contributed by atoms with Gasteiger partial charge >= 0.3 is 0 Å². The van der Waals surface area contributed by atoms with Crippen molar-refractivity contribution in [3.05, 3.63) is 40.5 Å². The quantitative estimate of drug-likeness (QED) is 0.825. The van der Waals surface area contributed by atoms with Crippen LogP contribution in [0.2, 0.25) is 0 Å². The molecule has 2 N–H and O–H groups in total. The second kappa shape index (κ2) is 7.96. The number of aryl methyl sites for hydroxylation is 3. The van der Waals surface area contributed by atoms with Crippen molar-refractivity contribution in [2.24, 2.45) is 0 Å². The summed E-state index contributed by atoms with van der Waals surface area (Å²) in [7, 11) is 3.92. The summed E-state index contributed by atoms with van der Waals surface area (Å²) < 4.78 is 1.85. The van der Waals surface area contributed by atoms with Crippen molar-refractivity contribution in [3.63, 3.8) is 0 Å². The van der Waals surface area contributed by atoms with Crippen LogP contribution in [0.25, 0.3) is 0 Å². The average Bonchev–Trinajstić information content (AvgIpc) is 3.09. The summed E-state index contributed by atoms with van der Waals surface area (Å²) in [5.74, 6) is -0.182. The van der Waals surface area contributed by atoms with Gasteiger partial charge in [-0.25, -0.2) is 0 Å². The number of aromatic nitrogens is 3. The number of hydrogen-bond acceptors (Lipinski definition) is 4. The number of amides is 2. The summed E-state index contributed by atoms with van der Waals surface area (Å²) in [6, 6.07) is 3.77. The van der Waals surface area contributed by atoms with Gasteiger partial charge < -0.3 is 20.1 Å². The lowest BCUT2D eigenvalue weighted by atomic mass is 10.2. The normalized spacial score (nSPS) is 14.2. The summed E-state index contributed by atoms with van der Waals surface area (Å²) in [4.78, 5) is 32.2. The molecule has 1 aliphatic heterocycles. The Morgan fingerprint density at radius 1 is 1.26 bits per heavy atom. The van der Waals surface area contributed by atoms with Crippen molar-refractivity contribution in [1.82, 2.24) is 29.9 Å². The first-order valence-electron chi connectivity index (χ1n) is 9.30. The first kappa shape index (κ1) is 19.2. The van der Waals surface area contributed by atoms with E-state index in [1.807, 2.05) is 48.5 Å². The molecule has 0 radical (unpaired) electrons. The second-order valence-electron chi connectivity index (χ2n) is 7.39. The van der Waals surface area contributed by atoms with E-state index >= 15 is 0 Å². The van der Waals surface area contributed by atoms with E-state index in [1.54, 1.807) is 6.07 Å². The predicted molar refractivity (Wildman–Crippen MR) is 103 cm³/mol. The van der Waals surface area contributed by atoms with Crippen LogP contribution in [-0.2, 0) is 13.1 Å². The van der Waals surface area contributed by atoms with Gasteiger partial charge in [-0.05, 0) is 52.1 Å². The molecule has 0 aliphatic carbocycles. The minimum absolute atomic E-state index is 0.00719. The third-order valence-electron chi connectivity index (χ3n) is 4.74. The Kier molecular flexibility index (Phi) is 5.65. The molecule has 2 aromatic rings. The fraction of sp³-hybridized carbons (Fsp3) is 0.526. The van der Waals surface area contributed by atoms with Gasteiger partial charge in [0.2, 0.25) is 0 Å². The molecule has 8 nitrogen and oxygen atoms in total. The SMILES string of the molecule is Cc1cc(C)c(C(=O)N2CCCn3nc(C(=O)NCCN(C)C)cc3C2)[nH]1. The Morgan fingerprint density at radius 3 is 2.70 bits per heavy atom. The van der Waals surface area contributed by atoms with Gasteiger partial charge in [0, 0.05) is 31.9 Å². The Balaban J connectivity index is 1.71. The van der Waals surface area contributed by atoms with E-state index in [1.165, 1.54) is 0 Å². The molecular weight excluding hydrogens is 344 g/mol. The molecule has 0 bridgehead atoms. The monoisotopic (exact) mass is 372 g/mol. The molecule has 146 valence electrons. The molecule has 2 aromatic heterocycles. The number of nitrogens with one attached hydrogen (secondary N) is 2. The molecule has 3 heterocycles. The van der Waals surface area contributed by atoms with Crippen LogP contribution in [0.5, 0.6) is 0 Å². The summed E-state index contributed by atoms with van der Waals surface area (Å²) in [5, 5.41) is 7.33. The van der Waals surface area contributed by atoms with Crippen LogP contribution >= 0.6 is 0 Å². The molecule has 0 saturated heterocycles. The zero-order valence-electron chi connectivity index (χ0n) is 16.5. The van der Waals surface area contributed by atoms with E-state index in [-0.39, 0.29) is 11.8 Å². The van der Waals surface area contributed by atoms with Crippen molar-refractivity contribution in [2.75, 3.05) is 33.7 Å². The van der Waals surface area contributed by atoms with Crippen molar-refractivity contribution < 1.29 is 9.59 Å². The molecule has 8 heteroatoms. The van der Waals surface area contributed by atoms with Crippen molar-refractivity contribution in [1.29, 1.82) is 0 Å². The van der Waals surface area contributed by atoms with Crippen LogP contribution in [0.3, 0.4) is 0 Å². The third kappa shape index (κ3) is 4.39. The lowest BCUT2D eigenvalue weighted by molar-refractivity contribution is 0.0739. The van der Waals surface area contributed by atoms with Gasteiger partial charge in [-0.1, -0.05) is 0 Å². The highest BCUT2D eigenvalue weighted by atomic mass is 16.2. The number of H-pyrrole nitrogens is 1. The number of carbonyl (C=O) groups is 2. The lowest BCUT2D eigenvalue weighted by Crippen LogP contribution is -2.32. The Morgan fingerprint density at radius 2 is 2.04 bits per heavy atom. The Labute approximate surface area is 159 Å². The van der Waals surface area contributed by atoms with Gasteiger partial charge in [0.1, 0.15) is 5.69 Å². The molecule has 2 amide bonds. The van der Waals surface area contributed by atoms with Gasteiger partial charge in [0.25, 0.3) is 11.8 Å². The topological polar surface area (TPSA) is 86.3 Å². The van der Waals surface area contributed by atoms with Crippen LogP contribution in [0.15, 0.2) is 12.1 Å². The molecule has 27 heavy (non-hydrogen) atoms. The minimum atomic E-state index is -0.175. The first-order chi connectivity index (χ1) is 12.8. The van der Waals surface area contributed by atoms with E-state index in [4.69, 9.17) is 0 Å². The van der Waals surface area contributed by atoms with E-state index in [2.05, 4.69) is 15.4 Å². The average molecular weight is 372 g/mol. The zero-order valence-corrected chi connectivity index (χ0v) is 16.5. The summed E-state index contributed by atoms with van der Waals surface area (Å²) in [5.41, 5.74) is 3.87. The molecule has 0 aromatic carbocycles. The minimum Gasteiger partial charge on any atom is -0.354 e. The van der Waals surface area contributed by atoms with Crippen molar-refractivity contribution in [3.8, 4) is 0 Å². The highest BCUT2D eigenvalue weighted by molar-refractivity contribution is 5.94. The van der Waals surface area contributed by atoms with E-state index < -0.39 is 0 Å². The number of carbonyl (C=O) groups excluding carboxylic acids is 2. The van der Waals surface area contributed by atoms with E-state index in [0.717, 1.165) is 29.9 Å². The maximum atomic E-state index is 12.9. The fourth-order valence-corrected chi connectivity index (χ4v) is 3.34. The molecule has 0 spiro atoms. The van der Waals surface area contributed by atoms with Crippen LogP contribution < -0.4 is 5.32 Å². The summed E-state index contributed by atoms with van der Waals surface area (Å²) in [6.45, 7) is 7.06. The Bertz CT molecular complexity index is 835. The molecule has 0 fully saturated rings. The maximum absolute atomic E-state index is 12.9. The molecule has 0 saturated carbocycles. The predicted octanol–water partition coefficient (Wildman–Crippen LogP) is 1.17. The second-order valence-corrected chi connectivity index (χ2v) is 7.39. The molecule has 0 atom stereocenters. The zero-order chi connectivity index (χ0) is 19.6. The number of fused-ring (bicyclic) bond motifs is 1. The van der Waals surface area contributed by atoms with E-state index in [9.17, 15) is 9.59 Å². The van der Waals surface area contributed by atoms with Gasteiger partial charge in [-0.3, -0.25) is 14.3 Å². The number of aromatic amines is 1. The summed E-state index contributed by atoms with van der Waals surface area (Å²) in [6.07, 6.45) is 0.806. The summed E-state index contributed by atoms with van der Waals surface area (Å²) >= 11 is 0. The number of rotatable bonds is 5. The smallest absolute Gasteiger partial charge is 0.271 e. The van der Waals surface area contributed by atoms with Crippen LogP contribution in [0.4, 0.5) is 0 Å². The Hall–Kier alpha value is -2.61. The lowest BCUT2D eigenvalue weighted by Gasteiger charge is -2.19. The molecule has 0 unspecified atom stereocenters. The largest absolute Gasteiger partial charge is 0.354 e. The molecular formula is C19H28N6O2. The van der Waals surface area contributed by atoms with Gasteiger partial charge in [0.05, 0.1) is 12.2 Å². The van der Waals surface area contributed by atoms with Crippen LogP contribution in [-0.4, -0.2) is 70.1 Å². The van der Waals surface area contributed by atoms with Gasteiger partial charge in [0.15, 0.2) is 5.69 Å². The highest BCUT2D eigenvalue weighted by Gasteiger charge is 2.24.